The molecule has 1 heterocycles. The van der Waals surface area contributed by atoms with E-state index in [1.165, 1.54) is 0 Å². The van der Waals surface area contributed by atoms with Crippen LogP contribution in [0, 0.1) is 5.92 Å². The highest BCUT2D eigenvalue weighted by molar-refractivity contribution is 5.78. The highest BCUT2D eigenvalue weighted by Crippen LogP contribution is 2.06. The number of hydrogen-bond acceptors (Lipinski definition) is 3. The van der Waals surface area contributed by atoms with Crippen molar-refractivity contribution >= 4 is 5.91 Å². The van der Waals surface area contributed by atoms with Gasteiger partial charge in [0.25, 0.3) is 0 Å². The van der Waals surface area contributed by atoms with Crippen molar-refractivity contribution in [2.24, 2.45) is 13.0 Å². The molecule has 0 aliphatic carbocycles. The highest BCUT2D eigenvalue weighted by Gasteiger charge is 2.11. The van der Waals surface area contributed by atoms with Crippen LogP contribution >= 0.6 is 0 Å². The third-order valence-corrected chi connectivity index (χ3v) is 3.32. The monoisotopic (exact) mass is 266 g/mol. The molecule has 0 spiro atoms. The fourth-order valence-electron chi connectivity index (χ4n) is 1.81. The average molecular weight is 266 g/mol. The Bertz CT molecular complexity index is 412. The van der Waals surface area contributed by atoms with Gasteiger partial charge in [0, 0.05) is 31.4 Å². The van der Waals surface area contributed by atoms with Crippen molar-refractivity contribution in [3.63, 3.8) is 0 Å². The molecule has 19 heavy (non-hydrogen) atoms. The van der Waals surface area contributed by atoms with Gasteiger partial charge in [-0.25, -0.2) is 0 Å². The first-order chi connectivity index (χ1) is 8.93. The zero-order chi connectivity index (χ0) is 14.4. The molecule has 0 saturated heterocycles. The highest BCUT2D eigenvalue weighted by atomic mass is 16.1. The lowest BCUT2D eigenvalue weighted by Gasteiger charge is -2.17. The maximum absolute atomic E-state index is 11.7. The quantitative estimate of drug-likeness (QED) is 0.780. The summed E-state index contributed by atoms with van der Waals surface area (Å²) in [5.41, 5.74) is 2.25. The molecule has 0 saturated carbocycles. The summed E-state index contributed by atoms with van der Waals surface area (Å²) < 4.78 is 1.82. The average Bonchev–Trinajstić information content (AvgIpc) is 2.69. The molecule has 0 aromatic carbocycles. The van der Waals surface area contributed by atoms with Crippen LogP contribution in [0.2, 0.25) is 0 Å². The van der Waals surface area contributed by atoms with Crippen molar-refractivity contribution in [2.45, 2.75) is 46.7 Å². The molecular formula is C14H26N4O. The van der Waals surface area contributed by atoms with Gasteiger partial charge in [0.15, 0.2) is 0 Å². The molecule has 0 bridgehead atoms. The molecule has 108 valence electrons. The molecule has 1 unspecified atom stereocenters. The van der Waals surface area contributed by atoms with Gasteiger partial charge in [0.05, 0.1) is 12.2 Å². The maximum atomic E-state index is 11.7. The van der Waals surface area contributed by atoms with E-state index in [-0.39, 0.29) is 11.9 Å². The molecule has 1 amide bonds. The minimum atomic E-state index is 0.0446. The number of rotatable bonds is 7. The summed E-state index contributed by atoms with van der Waals surface area (Å²) >= 11 is 0. The Morgan fingerprint density at radius 3 is 2.68 bits per heavy atom. The Hall–Kier alpha value is -1.36. The van der Waals surface area contributed by atoms with E-state index in [9.17, 15) is 4.79 Å². The van der Waals surface area contributed by atoms with Gasteiger partial charge in [-0.3, -0.25) is 9.48 Å². The van der Waals surface area contributed by atoms with E-state index in [1.807, 2.05) is 24.9 Å². The van der Waals surface area contributed by atoms with E-state index in [0.29, 0.717) is 19.0 Å². The number of nitrogens with zero attached hydrogens (tertiary/aromatic N) is 2. The number of aromatic nitrogens is 2. The summed E-state index contributed by atoms with van der Waals surface area (Å²) in [6.45, 7) is 9.33. The van der Waals surface area contributed by atoms with Gasteiger partial charge in [-0.2, -0.15) is 5.10 Å². The van der Waals surface area contributed by atoms with Crippen LogP contribution in [-0.4, -0.2) is 28.3 Å². The first kappa shape index (κ1) is 15.7. The summed E-state index contributed by atoms with van der Waals surface area (Å²) in [4.78, 5) is 11.7. The zero-order valence-electron chi connectivity index (χ0n) is 12.7. The fraction of sp³-hybridized carbons (Fsp3) is 0.714. The molecule has 0 aliphatic rings. The van der Waals surface area contributed by atoms with E-state index in [0.717, 1.165) is 17.7 Å². The summed E-state index contributed by atoms with van der Waals surface area (Å²) in [5, 5.41) is 10.5. The van der Waals surface area contributed by atoms with E-state index in [2.05, 4.69) is 36.5 Å². The summed E-state index contributed by atoms with van der Waals surface area (Å²) in [7, 11) is 1.92. The molecule has 5 nitrogen and oxygen atoms in total. The number of carbonyl (C=O) groups excluding carboxylic acids is 1. The zero-order valence-corrected chi connectivity index (χ0v) is 12.7. The van der Waals surface area contributed by atoms with Crippen molar-refractivity contribution in [3.05, 3.63) is 17.5 Å². The molecular weight excluding hydrogens is 240 g/mol. The van der Waals surface area contributed by atoms with Gasteiger partial charge in [-0.1, -0.05) is 20.8 Å². The van der Waals surface area contributed by atoms with Crippen molar-refractivity contribution in [3.8, 4) is 0 Å². The second kappa shape index (κ2) is 7.28. The number of carbonyl (C=O) groups is 1. The summed E-state index contributed by atoms with van der Waals surface area (Å²) in [6, 6.07) is 0.207. The van der Waals surface area contributed by atoms with Gasteiger partial charge in [-0.05, 0) is 19.3 Å². The fourth-order valence-corrected chi connectivity index (χ4v) is 1.81. The second-order valence-electron chi connectivity index (χ2n) is 5.33. The van der Waals surface area contributed by atoms with Crippen molar-refractivity contribution in [1.82, 2.24) is 20.4 Å². The standard InChI is InChI=1S/C14H26N4O/c1-6-13-12(9-18(5)17-13)7-15-8-14(19)16-11(4)10(2)3/h9-11,15H,6-8H2,1-5H3,(H,16,19). The Balaban J connectivity index is 2.35. The Labute approximate surface area is 115 Å². The van der Waals surface area contributed by atoms with E-state index >= 15 is 0 Å². The van der Waals surface area contributed by atoms with E-state index in [4.69, 9.17) is 0 Å². The predicted octanol–water partition coefficient (Wildman–Crippen LogP) is 1.23. The lowest BCUT2D eigenvalue weighted by Crippen LogP contribution is -2.41. The third kappa shape index (κ3) is 5.03. The predicted molar refractivity (Wildman–Crippen MR) is 76.7 cm³/mol. The normalized spacial score (nSPS) is 12.7. The minimum Gasteiger partial charge on any atom is -0.352 e. The van der Waals surface area contributed by atoms with E-state index in [1.54, 1.807) is 0 Å². The number of amides is 1. The molecule has 2 N–H and O–H groups in total. The van der Waals surface area contributed by atoms with Crippen molar-refractivity contribution < 1.29 is 4.79 Å². The van der Waals surface area contributed by atoms with Crippen LogP contribution in [0.3, 0.4) is 0 Å². The van der Waals surface area contributed by atoms with Crippen molar-refractivity contribution in [1.29, 1.82) is 0 Å². The second-order valence-corrected chi connectivity index (χ2v) is 5.33. The third-order valence-electron chi connectivity index (χ3n) is 3.32. The number of nitrogens with one attached hydrogen (secondary N) is 2. The van der Waals surface area contributed by atoms with Crippen LogP contribution < -0.4 is 10.6 Å². The Kier molecular flexibility index (Phi) is 6.02. The molecule has 1 rings (SSSR count). The van der Waals surface area contributed by atoms with Gasteiger partial charge in [0.2, 0.25) is 5.91 Å². The van der Waals surface area contributed by atoms with Gasteiger partial charge >= 0.3 is 0 Å². The Morgan fingerprint density at radius 2 is 2.11 bits per heavy atom. The van der Waals surface area contributed by atoms with Crippen LogP contribution in [-0.2, 0) is 24.8 Å². The van der Waals surface area contributed by atoms with Crippen LogP contribution in [0.1, 0.15) is 39.0 Å². The SMILES string of the molecule is CCc1nn(C)cc1CNCC(=O)NC(C)C(C)C. The minimum absolute atomic E-state index is 0.0446. The van der Waals surface area contributed by atoms with Gasteiger partial charge in [-0.15, -0.1) is 0 Å². The van der Waals surface area contributed by atoms with Crippen LogP contribution in [0.15, 0.2) is 6.20 Å². The van der Waals surface area contributed by atoms with E-state index < -0.39 is 0 Å². The first-order valence-corrected chi connectivity index (χ1v) is 6.95. The lowest BCUT2D eigenvalue weighted by atomic mass is 10.1. The molecule has 1 aromatic rings. The van der Waals surface area contributed by atoms with Crippen LogP contribution in [0.4, 0.5) is 0 Å². The first-order valence-electron chi connectivity index (χ1n) is 6.95. The molecule has 0 fully saturated rings. The topological polar surface area (TPSA) is 59.0 Å². The van der Waals surface area contributed by atoms with Crippen molar-refractivity contribution in [2.75, 3.05) is 6.54 Å². The largest absolute Gasteiger partial charge is 0.352 e. The number of hydrogen-bond donors (Lipinski definition) is 2. The van der Waals surface area contributed by atoms with Crippen LogP contribution in [0.25, 0.3) is 0 Å². The summed E-state index contributed by atoms with van der Waals surface area (Å²) in [6.07, 6.45) is 2.91. The lowest BCUT2D eigenvalue weighted by molar-refractivity contribution is -0.121. The van der Waals surface area contributed by atoms with Gasteiger partial charge in [0.1, 0.15) is 0 Å². The Morgan fingerprint density at radius 1 is 1.42 bits per heavy atom. The van der Waals surface area contributed by atoms with Gasteiger partial charge < -0.3 is 10.6 Å². The smallest absolute Gasteiger partial charge is 0.234 e. The molecule has 5 heteroatoms. The molecule has 1 aromatic heterocycles. The number of aryl methyl sites for hydroxylation is 2. The molecule has 0 radical (unpaired) electrons. The summed E-state index contributed by atoms with van der Waals surface area (Å²) in [5.74, 6) is 0.497. The molecule has 1 atom stereocenters. The molecule has 0 aliphatic heterocycles. The maximum Gasteiger partial charge on any atom is 0.234 e. The van der Waals surface area contributed by atoms with Crippen LogP contribution in [0.5, 0.6) is 0 Å².